The minimum Gasteiger partial charge on any atom is -0.327 e. The van der Waals surface area contributed by atoms with Gasteiger partial charge in [-0.05, 0) is 18.6 Å². The van der Waals surface area contributed by atoms with Gasteiger partial charge in [0.05, 0.1) is 5.69 Å². The van der Waals surface area contributed by atoms with E-state index >= 15 is 0 Å². The fraction of sp³-hybridized carbons (Fsp3) is 0.462. The van der Waals surface area contributed by atoms with Crippen LogP contribution in [-0.4, -0.2) is 19.0 Å². The van der Waals surface area contributed by atoms with Crippen molar-refractivity contribution in [3.63, 3.8) is 0 Å². The van der Waals surface area contributed by atoms with Gasteiger partial charge in [0.2, 0.25) is 5.91 Å². The lowest BCUT2D eigenvalue weighted by Gasteiger charge is -2.20. The zero-order chi connectivity index (χ0) is 12.8. The summed E-state index contributed by atoms with van der Waals surface area (Å²) in [6.45, 7) is 2.02. The van der Waals surface area contributed by atoms with Gasteiger partial charge in [-0.3, -0.25) is 4.79 Å². The number of para-hydroxylation sites is 1. The van der Waals surface area contributed by atoms with Crippen LogP contribution < -0.4 is 10.6 Å². The summed E-state index contributed by atoms with van der Waals surface area (Å²) in [5.74, 6) is -0.552. The van der Waals surface area contributed by atoms with Gasteiger partial charge in [-0.1, -0.05) is 25.5 Å². The zero-order valence-electron chi connectivity index (χ0n) is 10.3. The normalized spacial score (nSPS) is 12.2. The third kappa shape index (κ3) is 3.82. The maximum Gasteiger partial charge on any atom is 0.228 e. The van der Waals surface area contributed by atoms with Crippen molar-refractivity contribution in [3.05, 3.63) is 30.1 Å². The highest BCUT2D eigenvalue weighted by atomic mass is 19.1. The lowest BCUT2D eigenvalue weighted by atomic mass is 10.1. The molecule has 17 heavy (non-hydrogen) atoms. The Balaban J connectivity index is 2.67. The Morgan fingerprint density at radius 1 is 1.47 bits per heavy atom. The molecule has 4 heteroatoms. The summed E-state index contributed by atoms with van der Waals surface area (Å²) in [5.41, 5.74) is 6.09. The molecule has 0 aliphatic heterocycles. The fourth-order valence-electron chi connectivity index (χ4n) is 1.69. The van der Waals surface area contributed by atoms with Crippen molar-refractivity contribution in [1.82, 2.24) is 0 Å². The molecule has 1 aromatic rings. The van der Waals surface area contributed by atoms with Crippen molar-refractivity contribution in [2.45, 2.75) is 32.2 Å². The first-order chi connectivity index (χ1) is 8.06. The van der Waals surface area contributed by atoms with Crippen LogP contribution in [0.1, 0.15) is 26.2 Å². The molecule has 0 aromatic heterocycles. The summed E-state index contributed by atoms with van der Waals surface area (Å²) in [4.78, 5) is 13.2. The second kappa shape index (κ2) is 6.35. The Hall–Kier alpha value is -1.42. The average molecular weight is 238 g/mol. The number of amides is 1. The van der Waals surface area contributed by atoms with Gasteiger partial charge in [0.1, 0.15) is 5.82 Å². The number of rotatable bonds is 5. The number of halogens is 1. The van der Waals surface area contributed by atoms with Crippen LogP contribution in [0.4, 0.5) is 10.1 Å². The van der Waals surface area contributed by atoms with E-state index in [1.807, 2.05) is 6.92 Å². The van der Waals surface area contributed by atoms with Gasteiger partial charge < -0.3 is 10.6 Å². The van der Waals surface area contributed by atoms with E-state index in [-0.39, 0.29) is 18.4 Å². The van der Waals surface area contributed by atoms with Gasteiger partial charge >= 0.3 is 0 Å². The lowest BCUT2D eigenvalue weighted by Crippen LogP contribution is -2.33. The standard InChI is InChI=1S/C13H19FN2O/c1-3-6-10(15)9-13(17)16(2)12-8-5-4-7-11(12)14/h4-5,7-8,10H,3,6,9,15H2,1-2H3. The molecular formula is C13H19FN2O. The maximum absolute atomic E-state index is 13.5. The number of hydrogen-bond acceptors (Lipinski definition) is 2. The number of nitrogens with two attached hydrogens (primary N) is 1. The summed E-state index contributed by atoms with van der Waals surface area (Å²) in [6.07, 6.45) is 1.99. The van der Waals surface area contributed by atoms with E-state index in [1.165, 1.54) is 11.0 Å². The van der Waals surface area contributed by atoms with E-state index in [0.29, 0.717) is 5.69 Å². The summed E-state index contributed by atoms with van der Waals surface area (Å²) in [7, 11) is 1.57. The molecule has 0 saturated heterocycles. The van der Waals surface area contributed by atoms with Crippen molar-refractivity contribution < 1.29 is 9.18 Å². The molecule has 0 radical (unpaired) electrons. The number of carbonyl (C=O) groups excluding carboxylic acids is 1. The minimum atomic E-state index is -0.396. The smallest absolute Gasteiger partial charge is 0.228 e. The first-order valence-electron chi connectivity index (χ1n) is 5.83. The van der Waals surface area contributed by atoms with Gasteiger partial charge in [-0.15, -0.1) is 0 Å². The maximum atomic E-state index is 13.5. The van der Waals surface area contributed by atoms with Gasteiger partial charge in [0.25, 0.3) is 0 Å². The van der Waals surface area contributed by atoms with E-state index in [9.17, 15) is 9.18 Å². The summed E-state index contributed by atoms with van der Waals surface area (Å²) in [5, 5.41) is 0. The van der Waals surface area contributed by atoms with Gasteiger partial charge in [0.15, 0.2) is 0 Å². The molecule has 0 saturated carbocycles. The molecule has 1 amide bonds. The Labute approximate surface area is 101 Å². The molecule has 94 valence electrons. The van der Waals surface area contributed by atoms with Crippen molar-refractivity contribution in [2.24, 2.45) is 5.73 Å². The van der Waals surface area contributed by atoms with Crippen LogP contribution in [0.5, 0.6) is 0 Å². The second-order valence-corrected chi connectivity index (χ2v) is 4.16. The molecule has 0 heterocycles. The van der Waals surface area contributed by atoms with Gasteiger partial charge in [-0.25, -0.2) is 4.39 Å². The van der Waals surface area contributed by atoms with Crippen LogP contribution in [0.3, 0.4) is 0 Å². The Morgan fingerprint density at radius 3 is 2.71 bits per heavy atom. The largest absolute Gasteiger partial charge is 0.327 e. The van der Waals surface area contributed by atoms with Crippen LogP contribution in [-0.2, 0) is 4.79 Å². The highest BCUT2D eigenvalue weighted by Crippen LogP contribution is 2.18. The van der Waals surface area contributed by atoms with Crippen molar-refractivity contribution >= 4 is 11.6 Å². The first kappa shape index (κ1) is 13.6. The van der Waals surface area contributed by atoms with E-state index in [2.05, 4.69) is 0 Å². The predicted molar refractivity (Wildman–Crippen MR) is 67.3 cm³/mol. The van der Waals surface area contributed by atoms with Crippen LogP contribution in [0, 0.1) is 5.82 Å². The van der Waals surface area contributed by atoms with E-state index in [0.717, 1.165) is 12.8 Å². The van der Waals surface area contributed by atoms with Crippen molar-refractivity contribution in [3.8, 4) is 0 Å². The fourth-order valence-corrected chi connectivity index (χ4v) is 1.69. The molecule has 0 aliphatic carbocycles. The molecule has 1 atom stereocenters. The number of hydrogen-bond donors (Lipinski definition) is 1. The molecule has 2 N–H and O–H groups in total. The lowest BCUT2D eigenvalue weighted by molar-refractivity contribution is -0.118. The van der Waals surface area contributed by atoms with Crippen molar-refractivity contribution in [2.75, 3.05) is 11.9 Å². The third-order valence-corrected chi connectivity index (χ3v) is 2.68. The number of anilines is 1. The Morgan fingerprint density at radius 2 is 2.12 bits per heavy atom. The summed E-state index contributed by atoms with van der Waals surface area (Å²) >= 11 is 0. The van der Waals surface area contributed by atoms with Gasteiger partial charge in [0, 0.05) is 19.5 Å². The average Bonchev–Trinajstić information content (AvgIpc) is 2.29. The number of carbonyl (C=O) groups is 1. The zero-order valence-corrected chi connectivity index (χ0v) is 10.3. The van der Waals surface area contributed by atoms with Crippen LogP contribution in [0.25, 0.3) is 0 Å². The molecule has 1 aromatic carbocycles. The van der Waals surface area contributed by atoms with Crippen LogP contribution in [0.15, 0.2) is 24.3 Å². The SMILES string of the molecule is CCCC(N)CC(=O)N(C)c1ccccc1F. The highest BCUT2D eigenvalue weighted by Gasteiger charge is 2.16. The molecule has 1 unspecified atom stereocenters. The quantitative estimate of drug-likeness (QED) is 0.855. The van der Waals surface area contributed by atoms with Crippen LogP contribution in [0.2, 0.25) is 0 Å². The topological polar surface area (TPSA) is 46.3 Å². The van der Waals surface area contributed by atoms with E-state index in [4.69, 9.17) is 5.73 Å². The molecule has 3 nitrogen and oxygen atoms in total. The third-order valence-electron chi connectivity index (χ3n) is 2.68. The Kier molecular flexibility index (Phi) is 5.10. The summed E-state index contributed by atoms with van der Waals surface area (Å²) < 4.78 is 13.5. The predicted octanol–water partition coefficient (Wildman–Crippen LogP) is 2.31. The molecule has 0 aliphatic rings. The molecule has 0 spiro atoms. The molecule has 0 bridgehead atoms. The summed E-state index contributed by atoms with van der Waals surface area (Å²) in [6, 6.07) is 6.07. The number of nitrogens with zero attached hydrogens (tertiary/aromatic N) is 1. The molecular weight excluding hydrogens is 219 g/mol. The van der Waals surface area contributed by atoms with E-state index < -0.39 is 5.82 Å². The Bertz CT molecular complexity index is 381. The van der Waals surface area contributed by atoms with Crippen molar-refractivity contribution in [1.29, 1.82) is 0 Å². The highest BCUT2D eigenvalue weighted by molar-refractivity contribution is 5.93. The second-order valence-electron chi connectivity index (χ2n) is 4.16. The number of benzene rings is 1. The first-order valence-corrected chi connectivity index (χ1v) is 5.83. The molecule has 1 rings (SSSR count). The van der Waals surface area contributed by atoms with Gasteiger partial charge in [-0.2, -0.15) is 0 Å². The van der Waals surface area contributed by atoms with Crippen LogP contribution >= 0.6 is 0 Å². The minimum absolute atomic E-state index is 0.151. The monoisotopic (exact) mass is 238 g/mol. The molecule has 0 fully saturated rings. The van der Waals surface area contributed by atoms with E-state index in [1.54, 1.807) is 25.2 Å².